The molecule has 0 aromatic heterocycles. The SMILES string of the molecule is CCO[C@H](CN1CCCC1)c1ccccc1. The van der Waals surface area contributed by atoms with E-state index in [-0.39, 0.29) is 6.10 Å². The van der Waals surface area contributed by atoms with E-state index in [0.29, 0.717) is 0 Å². The maximum atomic E-state index is 5.85. The fourth-order valence-corrected chi connectivity index (χ4v) is 2.32. The minimum atomic E-state index is 0.240. The van der Waals surface area contributed by atoms with Gasteiger partial charge in [0, 0.05) is 13.2 Å². The highest BCUT2D eigenvalue weighted by atomic mass is 16.5. The largest absolute Gasteiger partial charge is 0.372 e. The Kier molecular flexibility index (Phi) is 4.37. The Balaban J connectivity index is 1.99. The van der Waals surface area contributed by atoms with E-state index in [1.54, 1.807) is 0 Å². The average Bonchev–Trinajstić information content (AvgIpc) is 2.83. The molecule has 0 saturated carbocycles. The molecule has 0 aliphatic carbocycles. The van der Waals surface area contributed by atoms with Gasteiger partial charge in [-0.2, -0.15) is 0 Å². The van der Waals surface area contributed by atoms with Crippen molar-refractivity contribution < 1.29 is 4.74 Å². The summed E-state index contributed by atoms with van der Waals surface area (Å²) in [6.07, 6.45) is 2.92. The van der Waals surface area contributed by atoms with Crippen molar-refractivity contribution >= 4 is 0 Å². The van der Waals surface area contributed by atoms with Gasteiger partial charge in [0.15, 0.2) is 0 Å². The minimum absolute atomic E-state index is 0.240. The van der Waals surface area contributed by atoms with Crippen molar-refractivity contribution in [3.8, 4) is 0 Å². The molecule has 88 valence electrons. The first-order valence-electron chi connectivity index (χ1n) is 6.29. The van der Waals surface area contributed by atoms with Crippen LogP contribution in [0, 0.1) is 0 Å². The molecule has 1 aliphatic heterocycles. The van der Waals surface area contributed by atoms with Gasteiger partial charge in [-0.15, -0.1) is 0 Å². The van der Waals surface area contributed by atoms with Crippen LogP contribution in [0.25, 0.3) is 0 Å². The number of hydrogen-bond donors (Lipinski definition) is 0. The number of likely N-dealkylation sites (tertiary alicyclic amines) is 1. The molecule has 1 heterocycles. The van der Waals surface area contributed by atoms with Crippen LogP contribution in [0.15, 0.2) is 30.3 Å². The number of ether oxygens (including phenoxy) is 1. The predicted molar refractivity (Wildman–Crippen MR) is 66.5 cm³/mol. The van der Waals surface area contributed by atoms with Crippen LogP contribution in [0.1, 0.15) is 31.4 Å². The summed E-state index contributed by atoms with van der Waals surface area (Å²) in [5, 5.41) is 0. The lowest BCUT2D eigenvalue weighted by Gasteiger charge is -2.23. The van der Waals surface area contributed by atoms with Gasteiger partial charge in [-0.05, 0) is 38.4 Å². The first-order valence-corrected chi connectivity index (χ1v) is 6.29. The molecule has 1 saturated heterocycles. The fraction of sp³-hybridized carbons (Fsp3) is 0.571. The van der Waals surface area contributed by atoms with Gasteiger partial charge in [0.25, 0.3) is 0 Å². The van der Waals surface area contributed by atoms with Crippen molar-refractivity contribution in [1.82, 2.24) is 4.90 Å². The number of rotatable bonds is 5. The Morgan fingerprint density at radius 3 is 2.50 bits per heavy atom. The summed E-state index contributed by atoms with van der Waals surface area (Å²) in [5.41, 5.74) is 1.30. The molecule has 1 aromatic carbocycles. The van der Waals surface area contributed by atoms with Gasteiger partial charge in [0.2, 0.25) is 0 Å². The highest BCUT2D eigenvalue weighted by Crippen LogP contribution is 2.20. The Morgan fingerprint density at radius 1 is 1.19 bits per heavy atom. The van der Waals surface area contributed by atoms with Crippen molar-refractivity contribution in [2.24, 2.45) is 0 Å². The standard InChI is InChI=1S/C14H21NO/c1-2-16-14(12-15-10-6-7-11-15)13-8-4-3-5-9-13/h3-5,8-9,14H,2,6-7,10-12H2,1H3/t14-/m1/s1. The van der Waals surface area contributed by atoms with E-state index in [4.69, 9.17) is 4.74 Å². The molecule has 1 aromatic rings. The van der Waals surface area contributed by atoms with Crippen molar-refractivity contribution in [2.45, 2.75) is 25.9 Å². The second-order valence-corrected chi connectivity index (χ2v) is 4.36. The maximum absolute atomic E-state index is 5.85. The zero-order valence-corrected chi connectivity index (χ0v) is 10.1. The molecule has 2 heteroatoms. The molecule has 1 atom stereocenters. The van der Waals surface area contributed by atoms with E-state index in [1.165, 1.54) is 31.5 Å². The van der Waals surface area contributed by atoms with Crippen molar-refractivity contribution in [3.05, 3.63) is 35.9 Å². The molecule has 0 amide bonds. The third kappa shape index (κ3) is 3.06. The van der Waals surface area contributed by atoms with Gasteiger partial charge in [-0.25, -0.2) is 0 Å². The highest BCUT2D eigenvalue weighted by Gasteiger charge is 2.18. The number of hydrogen-bond acceptors (Lipinski definition) is 2. The molecule has 16 heavy (non-hydrogen) atoms. The Labute approximate surface area is 98.2 Å². The molecule has 0 radical (unpaired) electrons. The lowest BCUT2D eigenvalue weighted by Crippen LogP contribution is -2.27. The van der Waals surface area contributed by atoms with Gasteiger partial charge < -0.3 is 9.64 Å². The first-order chi connectivity index (χ1) is 7.90. The third-order valence-corrected chi connectivity index (χ3v) is 3.16. The van der Waals surface area contributed by atoms with Gasteiger partial charge in [0.1, 0.15) is 0 Å². The summed E-state index contributed by atoms with van der Waals surface area (Å²) in [6, 6.07) is 10.6. The average molecular weight is 219 g/mol. The summed E-state index contributed by atoms with van der Waals surface area (Å²) in [5.74, 6) is 0. The van der Waals surface area contributed by atoms with Crippen LogP contribution in [0.3, 0.4) is 0 Å². The van der Waals surface area contributed by atoms with Gasteiger partial charge in [-0.3, -0.25) is 0 Å². The zero-order valence-electron chi connectivity index (χ0n) is 10.1. The van der Waals surface area contributed by atoms with Gasteiger partial charge in [0.05, 0.1) is 6.10 Å². The first kappa shape index (κ1) is 11.6. The fourth-order valence-electron chi connectivity index (χ4n) is 2.32. The highest BCUT2D eigenvalue weighted by molar-refractivity contribution is 5.18. The van der Waals surface area contributed by atoms with E-state index >= 15 is 0 Å². The van der Waals surface area contributed by atoms with E-state index in [0.717, 1.165) is 13.2 Å². The summed E-state index contributed by atoms with van der Waals surface area (Å²) < 4.78 is 5.85. The quantitative estimate of drug-likeness (QED) is 0.755. The molecular formula is C14H21NO. The topological polar surface area (TPSA) is 12.5 Å². The third-order valence-electron chi connectivity index (χ3n) is 3.16. The normalized spacial score (nSPS) is 18.8. The second kappa shape index (κ2) is 6.02. The second-order valence-electron chi connectivity index (χ2n) is 4.36. The van der Waals surface area contributed by atoms with Crippen LogP contribution in [0.2, 0.25) is 0 Å². The zero-order chi connectivity index (χ0) is 11.2. The van der Waals surface area contributed by atoms with Gasteiger partial charge >= 0.3 is 0 Å². The van der Waals surface area contributed by atoms with Crippen molar-refractivity contribution in [1.29, 1.82) is 0 Å². The Morgan fingerprint density at radius 2 is 1.88 bits per heavy atom. The molecule has 0 N–H and O–H groups in total. The number of nitrogens with zero attached hydrogens (tertiary/aromatic N) is 1. The monoisotopic (exact) mass is 219 g/mol. The predicted octanol–water partition coefficient (Wildman–Crippen LogP) is 2.86. The molecule has 0 bridgehead atoms. The van der Waals surface area contributed by atoms with E-state index in [1.807, 2.05) is 0 Å². The lowest BCUT2D eigenvalue weighted by atomic mass is 10.1. The van der Waals surface area contributed by atoms with Crippen LogP contribution in [0.4, 0.5) is 0 Å². The molecule has 2 nitrogen and oxygen atoms in total. The van der Waals surface area contributed by atoms with Gasteiger partial charge in [-0.1, -0.05) is 30.3 Å². The summed E-state index contributed by atoms with van der Waals surface area (Å²) in [4.78, 5) is 2.51. The maximum Gasteiger partial charge on any atom is 0.0951 e. The molecular weight excluding hydrogens is 198 g/mol. The lowest BCUT2D eigenvalue weighted by molar-refractivity contribution is 0.0379. The minimum Gasteiger partial charge on any atom is -0.372 e. The summed E-state index contributed by atoms with van der Waals surface area (Å²) >= 11 is 0. The molecule has 2 rings (SSSR count). The van der Waals surface area contributed by atoms with Crippen LogP contribution >= 0.6 is 0 Å². The molecule has 1 fully saturated rings. The Bertz CT molecular complexity index is 293. The van der Waals surface area contributed by atoms with E-state index < -0.39 is 0 Å². The van der Waals surface area contributed by atoms with E-state index in [2.05, 4.69) is 42.2 Å². The smallest absolute Gasteiger partial charge is 0.0951 e. The van der Waals surface area contributed by atoms with Crippen LogP contribution < -0.4 is 0 Å². The molecule has 0 spiro atoms. The van der Waals surface area contributed by atoms with Crippen LogP contribution in [0.5, 0.6) is 0 Å². The van der Waals surface area contributed by atoms with Crippen LogP contribution in [-0.4, -0.2) is 31.1 Å². The van der Waals surface area contributed by atoms with Crippen molar-refractivity contribution in [3.63, 3.8) is 0 Å². The number of benzene rings is 1. The molecule has 0 unspecified atom stereocenters. The van der Waals surface area contributed by atoms with Crippen molar-refractivity contribution in [2.75, 3.05) is 26.2 Å². The van der Waals surface area contributed by atoms with Crippen LogP contribution in [-0.2, 0) is 4.74 Å². The van der Waals surface area contributed by atoms with E-state index in [9.17, 15) is 0 Å². The summed E-state index contributed by atoms with van der Waals surface area (Å²) in [7, 11) is 0. The Hall–Kier alpha value is -0.860. The summed E-state index contributed by atoms with van der Waals surface area (Å²) in [6.45, 7) is 6.36. The molecule has 1 aliphatic rings.